The maximum Gasteiger partial charge on any atom is 0.490 e. The van der Waals surface area contributed by atoms with Gasteiger partial charge in [-0.2, -0.15) is 13.2 Å². The van der Waals surface area contributed by atoms with E-state index in [1.165, 1.54) is 11.3 Å². The number of methoxy groups -OCH3 is 1. The zero-order valence-corrected chi connectivity index (χ0v) is 17.1. The number of alkyl halides is 3. The summed E-state index contributed by atoms with van der Waals surface area (Å²) in [5.41, 5.74) is 3.55. The molecule has 168 valence electrons. The smallest absolute Gasteiger partial charge is 0.475 e. The molecule has 12 heteroatoms. The molecular formula is C19H23F3N6O3. The topological polar surface area (TPSA) is 113 Å². The summed E-state index contributed by atoms with van der Waals surface area (Å²) in [6.45, 7) is 5.28. The molecule has 4 rings (SSSR count). The second-order valence-electron chi connectivity index (χ2n) is 7.36. The number of ether oxygens (including phenoxy) is 1. The van der Waals surface area contributed by atoms with E-state index in [9.17, 15) is 13.2 Å². The summed E-state index contributed by atoms with van der Waals surface area (Å²) in [7, 11) is 1.69. The first kappa shape index (κ1) is 22.7. The number of nitrogens with zero attached hydrogens (tertiary/aromatic N) is 5. The predicted octanol–water partition coefficient (Wildman–Crippen LogP) is 2.04. The molecule has 3 heterocycles. The summed E-state index contributed by atoms with van der Waals surface area (Å²) in [4.78, 5) is 29.3. The van der Waals surface area contributed by atoms with Gasteiger partial charge in [-0.05, 0) is 30.4 Å². The van der Waals surface area contributed by atoms with Crippen LogP contribution in [0.1, 0.15) is 22.7 Å². The molecule has 31 heavy (non-hydrogen) atoms. The summed E-state index contributed by atoms with van der Waals surface area (Å²) in [6.07, 6.45) is 1.69. The highest BCUT2D eigenvalue weighted by molar-refractivity contribution is 5.73. The number of aryl methyl sites for hydroxylation is 1. The Hall–Kier alpha value is -3.02. The summed E-state index contributed by atoms with van der Waals surface area (Å²) in [5, 5.41) is 10.3. The minimum absolute atomic E-state index is 0.441. The van der Waals surface area contributed by atoms with Gasteiger partial charge in [-0.1, -0.05) is 0 Å². The molecule has 9 nitrogen and oxygen atoms in total. The average molecular weight is 440 g/mol. The first-order valence-electron chi connectivity index (χ1n) is 9.61. The average Bonchev–Trinajstić information content (AvgIpc) is 3.27. The number of fused-ring (bicyclic) bond motifs is 3. The summed E-state index contributed by atoms with van der Waals surface area (Å²) in [6, 6.07) is 0. The van der Waals surface area contributed by atoms with Gasteiger partial charge in [0, 0.05) is 51.3 Å². The van der Waals surface area contributed by atoms with E-state index in [0.29, 0.717) is 30.9 Å². The van der Waals surface area contributed by atoms with Crippen molar-refractivity contribution in [1.82, 2.24) is 19.9 Å². The lowest BCUT2D eigenvalue weighted by Gasteiger charge is -2.17. The molecule has 1 fully saturated rings. The molecule has 0 radical (unpaired) electrons. The Morgan fingerprint density at radius 1 is 1.26 bits per heavy atom. The first-order valence-corrected chi connectivity index (χ1v) is 9.61. The van der Waals surface area contributed by atoms with E-state index >= 15 is 0 Å². The van der Waals surface area contributed by atoms with E-state index in [1.807, 2.05) is 25.5 Å². The van der Waals surface area contributed by atoms with Crippen molar-refractivity contribution in [2.24, 2.45) is 5.92 Å². The van der Waals surface area contributed by atoms with Crippen LogP contribution in [-0.4, -0.2) is 70.5 Å². The normalized spacial score (nSPS) is 19.3. The van der Waals surface area contributed by atoms with Crippen molar-refractivity contribution in [3.05, 3.63) is 35.4 Å². The molecule has 1 aliphatic heterocycles. The van der Waals surface area contributed by atoms with Crippen molar-refractivity contribution in [2.45, 2.75) is 25.4 Å². The Morgan fingerprint density at radius 3 is 2.55 bits per heavy atom. The van der Waals surface area contributed by atoms with Crippen LogP contribution in [0.25, 0.3) is 0 Å². The molecule has 1 saturated heterocycles. The number of hydrogen-bond donors (Lipinski definition) is 2. The van der Waals surface area contributed by atoms with Crippen LogP contribution in [0.3, 0.4) is 0 Å². The Morgan fingerprint density at radius 2 is 1.94 bits per heavy atom. The lowest BCUT2D eigenvalue weighted by atomic mass is 9.99. The van der Waals surface area contributed by atoms with Crippen LogP contribution in [0.2, 0.25) is 0 Å². The third kappa shape index (κ3) is 5.57. The van der Waals surface area contributed by atoms with Crippen molar-refractivity contribution in [2.75, 3.05) is 43.6 Å². The summed E-state index contributed by atoms with van der Waals surface area (Å²) < 4.78 is 36.8. The Labute approximate surface area is 176 Å². The van der Waals surface area contributed by atoms with Crippen LogP contribution >= 0.6 is 0 Å². The van der Waals surface area contributed by atoms with Crippen molar-refractivity contribution in [1.29, 1.82) is 0 Å². The molecule has 2 aromatic heterocycles. The number of anilines is 2. The standard InChI is InChI=1S/C17H22N6O.C2HF3O2/c1-11-6-20-17(21-7-11)23-9-13-5-12-8-19-16(18-3-4-24-2)22-15(12)14(13)10-23;3-2(4,5)1(6)7/h6-8,13-14H,3-5,9-10H2,1-2H3,(H,18,19,22);(H,6,7). The number of nitrogens with one attached hydrogen (secondary N) is 1. The number of hydrogen-bond acceptors (Lipinski definition) is 8. The molecule has 2 aromatic rings. The Kier molecular flexibility index (Phi) is 6.88. The molecule has 0 spiro atoms. The van der Waals surface area contributed by atoms with E-state index in [-0.39, 0.29) is 0 Å². The first-order chi connectivity index (χ1) is 14.7. The predicted molar refractivity (Wildman–Crippen MR) is 105 cm³/mol. The molecule has 2 atom stereocenters. The Bertz CT molecular complexity index is 910. The van der Waals surface area contributed by atoms with E-state index in [0.717, 1.165) is 31.0 Å². The molecule has 2 N–H and O–H groups in total. The maximum atomic E-state index is 10.6. The highest BCUT2D eigenvalue weighted by Gasteiger charge is 2.42. The number of aromatic nitrogens is 4. The van der Waals surface area contributed by atoms with Gasteiger partial charge in [0.2, 0.25) is 11.9 Å². The van der Waals surface area contributed by atoms with Gasteiger partial charge in [-0.15, -0.1) is 0 Å². The fraction of sp³-hybridized carbons (Fsp3) is 0.526. The third-order valence-electron chi connectivity index (χ3n) is 5.05. The fourth-order valence-corrected chi connectivity index (χ4v) is 3.63. The lowest BCUT2D eigenvalue weighted by Crippen LogP contribution is -2.23. The van der Waals surface area contributed by atoms with Crippen LogP contribution < -0.4 is 10.2 Å². The quantitative estimate of drug-likeness (QED) is 0.674. The van der Waals surface area contributed by atoms with Crippen LogP contribution in [-0.2, 0) is 16.0 Å². The van der Waals surface area contributed by atoms with Gasteiger partial charge in [0.15, 0.2) is 0 Å². The zero-order chi connectivity index (χ0) is 22.6. The maximum absolute atomic E-state index is 10.6. The van der Waals surface area contributed by atoms with Crippen LogP contribution in [0, 0.1) is 12.8 Å². The molecule has 1 aliphatic carbocycles. The van der Waals surface area contributed by atoms with Gasteiger partial charge in [-0.25, -0.2) is 24.7 Å². The second-order valence-corrected chi connectivity index (χ2v) is 7.36. The monoisotopic (exact) mass is 440 g/mol. The van der Waals surface area contributed by atoms with Gasteiger partial charge < -0.3 is 20.1 Å². The van der Waals surface area contributed by atoms with Gasteiger partial charge in [-0.3, -0.25) is 0 Å². The fourth-order valence-electron chi connectivity index (χ4n) is 3.63. The van der Waals surface area contributed by atoms with Crippen molar-refractivity contribution in [3.63, 3.8) is 0 Å². The molecule has 0 saturated carbocycles. The highest BCUT2D eigenvalue weighted by Crippen LogP contribution is 2.42. The van der Waals surface area contributed by atoms with Gasteiger partial charge in [0.05, 0.1) is 12.3 Å². The lowest BCUT2D eigenvalue weighted by molar-refractivity contribution is -0.192. The van der Waals surface area contributed by atoms with E-state index in [4.69, 9.17) is 19.6 Å². The zero-order valence-electron chi connectivity index (χ0n) is 17.1. The molecule has 0 aromatic carbocycles. The van der Waals surface area contributed by atoms with Gasteiger partial charge in [0.25, 0.3) is 0 Å². The molecule has 2 aliphatic rings. The van der Waals surface area contributed by atoms with Crippen molar-refractivity contribution >= 4 is 17.9 Å². The van der Waals surface area contributed by atoms with Crippen LogP contribution in [0.4, 0.5) is 25.1 Å². The number of carbonyl (C=O) groups is 1. The molecule has 2 unspecified atom stereocenters. The van der Waals surface area contributed by atoms with Gasteiger partial charge >= 0.3 is 12.1 Å². The molecule has 0 bridgehead atoms. The van der Waals surface area contributed by atoms with Gasteiger partial charge in [0.1, 0.15) is 0 Å². The Balaban J connectivity index is 0.000000339. The number of carboxylic acid groups (broad SMARTS) is 1. The number of aliphatic carboxylic acids is 1. The minimum Gasteiger partial charge on any atom is -0.475 e. The van der Waals surface area contributed by atoms with E-state index in [2.05, 4.69) is 25.2 Å². The molecular weight excluding hydrogens is 417 g/mol. The third-order valence-corrected chi connectivity index (χ3v) is 5.05. The second kappa shape index (κ2) is 9.41. The van der Waals surface area contributed by atoms with Crippen molar-refractivity contribution < 1.29 is 27.8 Å². The van der Waals surface area contributed by atoms with E-state index < -0.39 is 12.1 Å². The number of rotatable bonds is 5. The number of carboxylic acids is 1. The summed E-state index contributed by atoms with van der Waals surface area (Å²) in [5.74, 6) is -0.225. The SMILES string of the molecule is COCCNc1ncc2c(n1)C1CN(c3ncc(C)cn3)CC1C2.O=C(O)C(F)(F)F. The van der Waals surface area contributed by atoms with E-state index in [1.54, 1.807) is 7.11 Å². The van der Waals surface area contributed by atoms with Crippen LogP contribution in [0.5, 0.6) is 0 Å². The molecule has 0 amide bonds. The van der Waals surface area contributed by atoms with Crippen LogP contribution in [0.15, 0.2) is 18.6 Å². The highest BCUT2D eigenvalue weighted by atomic mass is 19.4. The summed E-state index contributed by atoms with van der Waals surface area (Å²) >= 11 is 0. The number of halogens is 3. The largest absolute Gasteiger partial charge is 0.490 e. The minimum atomic E-state index is -5.08. The van der Waals surface area contributed by atoms with Crippen molar-refractivity contribution in [3.8, 4) is 0 Å².